The minimum Gasteiger partial charge on any atom is -0.393 e. The molecule has 0 unspecified atom stereocenters. The highest BCUT2D eigenvalue weighted by Gasteiger charge is 2.21. The van der Waals surface area contributed by atoms with Gasteiger partial charge in [0.2, 0.25) is 0 Å². The first kappa shape index (κ1) is 12.9. The smallest absolute Gasteiger partial charge is 0.293 e. The summed E-state index contributed by atoms with van der Waals surface area (Å²) in [7, 11) is 2.06. The first-order valence-corrected chi connectivity index (χ1v) is 6.03. The van der Waals surface area contributed by atoms with Crippen molar-refractivity contribution < 1.29 is 4.92 Å². The molecular formula is C11H15ClN4O2. The van der Waals surface area contributed by atoms with Gasteiger partial charge in [-0.1, -0.05) is 11.6 Å². The number of likely N-dealkylation sites (N-methyl/N-ethyl adjacent to an activating group) is 1. The highest BCUT2D eigenvalue weighted by atomic mass is 35.5. The van der Waals surface area contributed by atoms with Crippen molar-refractivity contribution in [2.24, 2.45) is 0 Å². The van der Waals surface area contributed by atoms with E-state index in [1.54, 1.807) is 6.07 Å². The molecule has 0 aliphatic carbocycles. The molecule has 1 heterocycles. The summed E-state index contributed by atoms with van der Waals surface area (Å²) >= 11 is 6.10. The van der Waals surface area contributed by atoms with Gasteiger partial charge in [-0.2, -0.15) is 0 Å². The van der Waals surface area contributed by atoms with Crippen molar-refractivity contribution in [3.05, 3.63) is 27.3 Å². The minimum absolute atomic E-state index is 0.141. The second-order valence-corrected chi connectivity index (χ2v) is 4.82. The lowest BCUT2D eigenvalue weighted by atomic mass is 10.2. The number of nitro benzene ring substituents is 1. The van der Waals surface area contributed by atoms with E-state index >= 15 is 0 Å². The number of benzene rings is 1. The van der Waals surface area contributed by atoms with Gasteiger partial charge < -0.3 is 15.5 Å². The van der Waals surface area contributed by atoms with Gasteiger partial charge in [0.15, 0.2) is 0 Å². The number of nitrogen functional groups attached to an aromatic ring is 1. The molecule has 0 amide bonds. The maximum atomic E-state index is 10.8. The van der Waals surface area contributed by atoms with Crippen molar-refractivity contribution in [3.8, 4) is 0 Å². The zero-order valence-corrected chi connectivity index (χ0v) is 10.9. The van der Waals surface area contributed by atoms with Gasteiger partial charge in [-0.3, -0.25) is 10.1 Å². The van der Waals surface area contributed by atoms with E-state index in [-0.39, 0.29) is 11.4 Å². The molecule has 7 heteroatoms. The molecule has 1 aliphatic rings. The molecule has 2 N–H and O–H groups in total. The normalized spacial score (nSPS) is 16.9. The molecule has 1 aliphatic heterocycles. The highest BCUT2D eigenvalue weighted by Crippen LogP contribution is 2.35. The van der Waals surface area contributed by atoms with E-state index in [9.17, 15) is 10.1 Å². The van der Waals surface area contributed by atoms with Crippen LogP contribution in [0.2, 0.25) is 5.02 Å². The van der Waals surface area contributed by atoms with Crippen LogP contribution in [-0.2, 0) is 0 Å². The maximum absolute atomic E-state index is 10.8. The fraction of sp³-hybridized carbons (Fsp3) is 0.455. The standard InChI is InChI=1S/C11H15ClN4O2/c1-14-2-4-15(5-3-14)10-7-9(13)11(16(17)18)6-8(10)12/h6-7H,2-5,13H2,1H3. The molecule has 1 aromatic carbocycles. The molecule has 6 nitrogen and oxygen atoms in total. The monoisotopic (exact) mass is 270 g/mol. The van der Waals surface area contributed by atoms with Gasteiger partial charge >= 0.3 is 0 Å². The van der Waals surface area contributed by atoms with E-state index in [1.165, 1.54) is 6.07 Å². The van der Waals surface area contributed by atoms with Crippen molar-refractivity contribution in [1.82, 2.24) is 4.90 Å². The first-order valence-electron chi connectivity index (χ1n) is 5.66. The summed E-state index contributed by atoms with van der Waals surface area (Å²) in [5, 5.41) is 11.1. The summed E-state index contributed by atoms with van der Waals surface area (Å²) in [6.45, 7) is 3.56. The Kier molecular flexibility index (Phi) is 3.58. The van der Waals surface area contributed by atoms with Crippen LogP contribution in [0.5, 0.6) is 0 Å². The number of nitro groups is 1. The third-order valence-corrected chi connectivity index (χ3v) is 3.44. The van der Waals surface area contributed by atoms with Crippen LogP contribution in [0.3, 0.4) is 0 Å². The number of hydrogen-bond donors (Lipinski definition) is 1. The van der Waals surface area contributed by atoms with Crippen molar-refractivity contribution in [1.29, 1.82) is 0 Å². The van der Waals surface area contributed by atoms with Crippen molar-refractivity contribution in [3.63, 3.8) is 0 Å². The SMILES string of the molecule is CN1CCN(c2cc(N)c([N+](=O)[O-])cc2Cl)CC1. The Hall–Kier alpha value is -1.53. The van der Waals surface area contributed by atoms with Crippen LogP contribution in [0.4, 0.5) is 17.1 Å². The molecule has 1 saturated heterocycles. The molecule has 0 atom stereocenters. The fourth-order valence-electron chi connectivity index (χ4n) is 2.02. The molecule has 0 spiro atoms. The topological polar surface area (TPSA) is 75.6 Å². The summed E-state index contributed by atoms with van der Waals surface area (Å²) in [5.41, 5.74) is 6.47. The van der Waals surface area contributed by atoms with E-state index in [1.807, 2.05) is 0 Å². The lowest BCUT2D eigenvalue weighted by Crippen LogP contribution is -2.44. The number of nitrogens with zero attached hydrogens (tertiary/aromatic N) is 3. The molecule has 1 fully saturated rings. The predicted molar refractivity (Wildman–Crippen MR) is 72.2 cm³/mol. The number of halogens is 1. The van der Waals surface area contributed by atoms with Gasteiger partial charge in [-0.25, -0.2) is 0 Å². The minimum atomic E-state index is -0.519. The van der Waals surface area contributed by atoms with E-state index in [0.717, 1.165) is 31.9 Å². The quantitative estimate of drug-likeness (QED) is 0.502. The second-order valence-electron chi connectivity index (χ2n) is 4.41. The van der Waals surface area contributed by atoms with Crippen LogP contribution in [0.15, 0.2) is 12.1 Å². The second kappa shape index (κ2) is 4.99. The summed E-state index contributed by atoms with van der Waals surface area (Å²) in [6.07, 6.45) is 0. The Morgan fingerprint density at radius 3 is 2.50 bits per heavy atom. The molecule has 0 aromatic heterocycles. The zero-order chi connectivity index (χ0) is 13.3. The van der Waals surface area contributed by atoms with E-state index in [4.69, 9.17) is 17.3 Å². The molecule has 0 saturated carbocycles. The molecule has 18 heavy (non-hydrogen) atoms. The molecular weight excluding hydrogens is 256 g/mol. The van der Waals surface area contributed by atoms with Crippen LogP contribution >= 0.6 is 11.6 Å². The van der Waals surface area contributed by atoms with Gasteiger partial charge in [0.1, 0.15) is 5.69 Å². The van der Waals surface area contributed by atoms with Gasteiger partial charge in [-0.15, -0.1) is 0 Å². The Labute approximate surface area is 110 Å². The van der Waals surface area contributed by atoms with E-state index in [2.05, 4.69) is 16.8 Å². The molecule has 0 bridgehead atoms. The number of nitrogens with two attached hydrogens (primary N) is 1. The first-order chi connectivity index (χ1) is 8.49. The van der Waals surface area contributed by atoms with Crippen molar-refractivity contribution >= 4 is 28.7 Å². The van der Waals surface area contributed by atoms with Gasteiger partial charge in [0.05, 0.1) is 15.6 Å². The lowest BCUT2D eigenvalue weighted by Gasteiger charge is -2.34. The van der Waals surface area contributed by atoms with Crippen molar-refractivity contribution in [2.45, 2.75) is 0 Å². The molecule has 2 rings (SSSR count). The van der Waals surface area contributed by atoms with Gasteiger partial charge in [0, 0.05) is 32.2 Å². The number of piperazine rings is 1. The number of rotatable bonds is 2. The Bertz CT molecular complexity index is 472. The third-order valence-electron chi connectivity index (χ3n) is 3.14. The molecule has 98 valence electrons. The summed E-state index contributed by atoms with van der Waals surface area (Å²) in [5.74, 6) is 0. The summed E-state index contributed by atoms with van der Waals surface area (Å²) < 4.78 is 0. The van der Waals surface area contributed by atoms with Crippen LogP contribution in [-0.4, -0.2) is 43.0 Å². The Balaban J connectivity index is 2.29. The molecule has 0 radical (unpaired) electrons. The average molecular weight is 271 g/mol. The maximum Gasteiger partial charge on any atom is 0.293 e. The average Bonchev–Trinajstić information content (AvgIpc) is 2.32. The van der Waals surface area contributed by atoms with Gasteiger partial charge in [-0.05, 0) is 13.1 Å². The van der Waals surface area contributed by atoms with Crippen molar-refractivity contribution in [2.75, 3.05) is 43.9 Å². The summed E-state index contributed by atoms with van der Waals surface area (Å²) in [6, 6.07) is 2.91. The third kappa shape index (κ3) is 2.49. The number of anilines is 2. The fourth-order valence-corrected chi connectivity index (χ4v) is 2.29. The number of hydrogen-bond acceptors (Lipinski definition) is 5. The predicted octanol–water partition coefficient (Wildman–Crippen LogP) is 1.58. The van der Waals surface area contributed by atoms with E-state index < -0.39 is 4.92 Å². The van der Waals surface area contributed by atoms with Crippen LogP contribution in [0, 0.1) is 10.1 Å². The Morgan fingerprint density at radius 1 is 1.33 bits per heavy atom. The van der Waals surface area contributed by atoms with Gasteiger partial charge in [0.25, 0.3) is 5.69 Å². The van der Waals surface area contributed by atoms with Crippen LogP contribution in [0.25, 0.3) is 0 Å². The largest absolute Gasteiger partial charge is 0.393 e. The highest BCUT2D eigenvalue weighted by molar-refractivity contribution is 6.33. The lowest BCUT2D eigenvalue weighted by molar-refractivity contribution is -0.383. The summed E-state index contributed by atoms with van der Waals surface area (Å²) in [4.78, 5) is 14.6. The Morgan fingerprint density at radius 2 is 1.94 bits per heavy atom. The van der Waals surface area contributed by atoms with Crippen LogP contribution < -0.4 is 10.6 Å². The molecule has 1 aromatic rings. The van der Waals surface area contributed by atoms with Crippen LogP contribution in [0.1, 0.15) is 0 Å². The van der Waals surface area contributed by atoms with E-state index in [0.29, 0.717) is 5.02 Å². The zero-order valence-electron chi connectivity index (χ0n) is 10.1.